The van der Waals surface area contributed by atoms with Crippen molar-refractivity contribution in [3.05, 3.63) is 52.3 Å². The largest absolute Gasteiger partial charge is 0.465 e. The number of carbonyl (C=O) groups excluding carboxylic acids is 1. The molecule has 6 heteroatoms. The third-order valence-electron chi connectivity index (χ3n) is 4.34. The Labute approximate surface area is 142 Å². The molecule has 6 nitrogen and oxygen atoms in total. The van der Waals surface area contributed by atoms with E-state index in [2.05, 4.69) is 35.2 Å². The minimum atomic E-state index is -0.389. The van der Waals surface area contributed by atoms with Crippen molar-refractivity contribution < 1.29 is 14.3 Å². The summed E-state index contributed by atoms with van der Waals surface area (Å²) in [5.74, 6) is -0.389. The van der Waals surface area contributed by atoms with Gasteiger partial charge in [-0.2, -0.15) is 5.10 Å². The van der Waals surface area contributed by atoms with Gasteiger partial charge in [-0.25, -0.2) is 4.79 Å². The fraction of sp³-hybridized carbons (Fsp3) is 0.444. The first-order valence-corrected chi connectivity index (χ1v) is 8.03. The standard InChI is InChI=1S/C18H23N3O3/c1-20-7-6-14-5-4-13(8-15(14)10-20)9-21-11-16(18(22)24-3)17(19-21)12-23-2/h4-5,8,11H,6-7,9-10,12H2,1-3H3. The normalized spacial score (nSPS) is 14.5. The monoisotopic (exact) mass is 329 g/mol. The van der Waals surface area contributed by atoms with Crippen molar-refractivity contribution in [1.82, 2.24) is 14.7 Å². The number of aromatic nitrogens is 2. The van der Waals surface area contributed by atoms with Gasteiger partial charge in [-0.3, -0.25) is 4.68 Å². The van der Waals surface area contributed by atoms with Gasteiger partial charge in [0.25, 0.3) is 0 Å². The van der Waals surface area contributed by atoms with E-state index in [1.54, 1.807) is 18.0 Å². The van der Waals surface area contributed by atoms with Gasteiger partial charge in [0.15, 0.2) is 0 Å². The van der Waals surface area contributed by atoms with Crippen molar-refractivity contribution in [2.75, 3.05) is 27.8 Å². The number of hydrogen-bond acceptors (Lipinski definition) is 5. The number of carbonyl (C=O) groups is 1. The van der Waals surface area contributed by atoms with Crippen molar-refractivity contribution in [2.45, 2.75) is 26.1 Å². The van der Waals surface area contributed by atoms with Crippen molar-refractivity contribution in [1.29, 1.82) is 0 Å². The highest BCUT2D eigenvalue weighted by Gasteiger charge is 2.18. The van der Waals surface area contributed by atoms with Gasteiger partial charge in [-0.1, -0.05) is 18.2 Å². The lowest BCUT2D eigenvalue weighted by Crippen LogP contribution is -2.26. The van der Waals surface area contributed by atoms with E-state index in [9.17, 15) is 4.79 Å². The lowest BCUT2D eigenvalue weighted by molar-refractivity contribution is 0.0595. The zero-order valence-corrected chi connectivity index (χ0v) is 14.4. The zero-order valence-electron chi connectivity index (χ0n) is 14.4. The van der Waals surface area contributed by atoms with Gasteiger partial charge in [0.1, 0.15) is 11.3 Å². The Morgan fingerprint density at radius 1 is 1.29 bits per heavy atom. The van der Waals surface area contributed by atoms with Gasteiger partial charge >= 0.3 is 5.97 Å². The molecule has 2 heterocycles. The quantitative estimate of drug-likeness (QED) is 0.784. The average Bonchev–Trinajstić information content (AvgIpc) is 2.96. The Morgan fingerprint density at radius 2 is 2.12 bits per heavy atom. The number of ether oxygens (including phenoxy) is 2. The zero-order chi connectivity index (χ0) is 17.1. The summed E-state index contributed by atoms with van der Waals surface area (Å²) >= 11 is 0. The molecule has 0 saturated carbocycles. The first-order valence-electron chi connectivity index (χ1n) is 8.03. The molecule has 0 radical (unpaired) electrons. The molecule has 0 atom stereocenters. The van der Waals surface area contributed by atoms with E-state index in [1.807, 2.05) is 0 Å². The van der Waals surface area contributed by atoms with Crippen LogP contribution in [-0.2, 0) is 35.6 Å². The molecule has 128 valence electrons. The van der Waals surface area contributed by atoms with Crippen molar-refractivity contribution in [3.8, 4) is 0 Å². The van der Waals surface area contributed by atoms with Gasteiger partial charge in [0.05, 0.1) is 20.3 Å². The van der Waals surface area contributed by atoms with Crippen LogP contribution in [0.5, 0.6) is 0 Å². The van der Waals surface area contributed by atoms with E-state index >= 15 is 0 Å². The van der Waals surface area contributed by atoms with Gasteiger partial charge in [0.2, 0.25) is 0 Å². The molecule has 24 heavy (non-hydrogen) atoms. The third kappa shape index (κ3) is 3.49. The minimum Gasteiger partial charge on any atom is -0.465 e. The second kappa shape index (κ2) is 7.15. The summed E-state index contributed by atoms with van der Waals surface area (Å²) in [5, 5.41) is 4.47. The van der Waals surface area contributed by atoms with Crippen molar-refractivity contribution in [2.24, 2.45) is 0 Å². The molecule has 1 aliphatic rings. The number of rotatable bonds is 5. The van der Waals surface area contributed by atoms with E-state index < -0.39 is 0 Å². The first kappa shape index (κ1) is 16.7. The molecule has 0 unspecified atom stereocenters. The number of methoxy groups -OCH3 is 2. The van der Waals surface area contributed by atoms with Crippen LogP contribution in [-0.4, -0.2) is 48.5 Å². The Hall–Kier alpha value is -2.18. The molecule has 3 rings (SSSR count). The predicted molar refractivity (Wildman–Crippen MR) is 89.9 cm³/mol. The molecule has 0 N–H and O–H groups in total. The number of nitrogens with zero attached hydrogens (tertiary/aromatic N) is 3. The van der Waals surface area contributed by atoms with Crippen LogP contribution in [0, 0.1) is 0 Å². The molecule has 0 spiro atoms. The topological polar surface area (TPSA) is 56.6 Å². The molecular formula is C18H23N3O3. The molecule has 0 bridgehead atoms. The highest BCUT2D eigenvalue weighted by molar-refractivity contribution is 5.90. The molecule has 1 aromatic carbocycles. The lowest BCUT2D eigenvalue weighted by Gasteiger charge is -2.25. The van der Waals surface area contributed by atoms with Crippen LogP contribution in [0.2, 0.25) is 0 Å². The van der Waals surface area contributed by atoms with Crippen LogP contribution in [0.4, 0.5) is 0 Å². The second-order valence-electron chi connectivity index (χ2n) is 6.20. The summed E-state index contributed by atoms with van der Waals surface area (Å²) in [6.07, 6.45) is 2.82. The van der Waals surface area contributed by atoms with Gasteiger partial charge in [-0.15, -0.1) is 0 Å². The first-order chi connectivity index (χ1) is 11.6. The maximum absolute atomic E-state index is 11.9. The summed E-state index contributed by atoms with van der Waals surface area (Å²) in [4.78, 5) is 14.2. The number of hydrogen-bond donors (Lipinski definition) is 0. The van der Waals surface area contributed by atoms with E-state index in [0.717, 1.165) is 19.5 Å². The Bertz CT molecular complexity index is 739. The Morgan fingerprint density at radius 3 is 2.88 bits per heavy atom. The van der Waals surface area contributed by atoms with Crippen LogP contribution in [0.1, 0.15) is 32.7 Å². The van der Waals surface area contributed by atoms with E-state index in [-0.39, 0.29) is 12.6 Å². The van der Waals surface area contributed by atoms with Crippen molar-refractivity contribution >= 4 is 5.97 Å². The lowest BCUT2D eigenvalue weighted by atomic mass is 9.98. The SMILES string of the molecule is COCc1nn(Cc2ccc3c(c2)CN(C)CC3)cc1C(=O)OC. The Kier molecular flexibility index (Phi) is 4.97. The number of likely N-dealkylation sites (N-methyl/N-ethyl adjacent to an activating group) is 1. The van der Waals surface area contributed by atoms with Crippen LogP contribution in [0.3, 0.4) is 0 Å². The molecule has 0 saturated heterocycles. The van der Waals surface area contributed by atoms with E-state index in [4.69, 9.17) is 9.47 Å². The maximum Gasteiger partial charge on any atom is 0.341 e. The molecular weight excluding hydrogens is 306 g/mol. The van der Waals surface area contributed by atoms with E-state index in [1.165, 1.54) is 23.8 Å². The van der Waals surface area contributed by atoms with Gasteiger partial charge in [0, 0.05) is 26.4 Å². The molecule has 1 aromatic heterocycles. The highest BCUT2D eigenvalue weighted by atomic mass is 16.5. The fourth-order valence-electron chi connectivity index (χ4n) is 3.10. The minimum absolute atomic E-state index is 0.284. The average molecular weight is 329 g/mol. The Balaban J connectivity index is 1.83. The molecule has 0 fully saturated rings. The molecule has 0 amide bonds. The summed E-state index contributed by atoms with van der Waals surface area (Å²) in [6.45, 7) is 2.98. The van der Waals surface area contributed by atoms with E-state index in [0.29, 0.717) is 17.8 Å². The van der Waals surface area contributed by atoms with Crippen LogP contribution in [0.25, 0.3) is 0 Å². The van der Waals surface area contributed by atoms with Crippen LogP contribution >= 0.6 is 0 Å². The fourth-order valence-corrected chi connectivity index (χ4v) is 3.10. The van der Waals surface area contributed by atoms with Gasteiger partial charge in [-0.05, 0) is 30.2 Å². The summed E-state index contributed by atoms with van der Waals surface area (Å²) in [5.41, 5.74) is 5.03. The predicted octanol–water partition coefficient (Wildman–Crippen LogP) is 1.85. The van der Waals surface area contributed by atoms with Crippen LogP contribution in [0.15, 0.2) is 24.4 Å². The summed E-state index contributed by atoms with van der Waals surface area (Å²) in [7, 11) is 5.10. The number of esters is 1. The highest BCUT2D eigenvalue weighted by Crippen LogP contribution is 2.20. The van der Waals surface area contributed by atoms with Gasteiger partial charge < -0.3 is 14.4 Å². The second-order valence-corrected chi connectivity index (χ2v) is 6.20. The molecule has 0 aliphatic carbocycles. The summed E-state index contributed by atoms with van der Waals surface area (Å²) < 4.78 is 11.7. The maximum atomic E-state index is 11.9. The number of fused-ring (bicyclic) bond motifs is 1. The van der Waals surface area contributed by atoms with Crippen molar-refractivity contribution in [3.63, 3.8) is 0 Å². The molecule has 2 aromatic rings. The summed E-state index contributed by atoms with van der Waals surface area (Å²) in [6, 6.07) is 6.58. The smallest absolute Gasteiger partial charge is 0.341 e. The third-order valence-corrected chi connectivity index (χ3v) is 4.34. The number of benzene rings is 1. The van der Waals surface area contributed by atoms with Crippen LogP contribution < -0.4 is 0 Å². The molecule has 1 aliphatic heterocycles.